The van der Waals surface area contributed by atoms with Crippen molar-refractivity contribution in [3.63, 3.8) is 0 Å². The molecular formula is C48H86O12S. The lowest BCUT2D eigenvalue weighted by molar-refractivity contribution is -0.297. The number of aliphatic hydroxyl groups excluding tert-OH is 3. The van der Waals surface area contributed by atoms with Gasteiger partial charge in [-0.15, -0.1) is 0 Å². The van der Waals surface area contributed by atoms with E-state index in [1.807, 2.05) is 0 Å². The second-order valence-corrected chi connectivity index (χ2v) is 18.3. The molecular weight excluding hydrogens is 801 g/mol. The molecule has 0 bridgehead atoms. The molecule has 1 aliphatic heterocycles. The molecule has 1 heterocycles. The summed E-state index contributed by atoms with van der Waals surface area (Å²) < 4.78 is 54.1. The molecule has 6 unspecified atom stereocenters. The van der Waals surface area contributed by atoms with Gasteiger partial charge in [-0.25, -0.2) is 0 Å². The fraction of sp³-hybridized carbons (Fsp3) is 0.833. The fourth-order valence-electron chi connectivity index (χ4n) is 7.16. The van der Waals surface area contributed by atoms with E-state index in [2.05, 4.69) is 50.3 Å². The van der Waals surface area contributed by atoms with Gasteiger partial charge in [0.05, 0.1) is 6.61 Å². The zero-order valence-corrected chi connectivity index (χ0v) is 38.8. The Hall–Kier alpha value is -2.13. The van der Waals surface area contributed by atoms with Gasteiger partial charge in [0, 0.05) is 12.8 Å². The Morgan fingerprint density at radius 3 is 1.51 bits per heavy atom. The summed E-state index contributed by atoms with van der Waals surface area (Å²) in [5.41, 5.74) is 0. The lowest BCUT2D eigenvalue weighted by Crippen LogP contribution is -2.60. The number of carbonyl (C=O) groups is 2. The minimum atomic E-state index is -4.60. The van der Waals surface area contributed by atoms with Crippen molar-refractivity contribution in [1.29, 1.82) is 0 Å². The molecule has 1 fully saturated rings. The maximum Gasteiger partial charge on any atom is 0.306 e. The average Bonchev–Trinajstić information content (AvgIpc) is 3.22. The Labute approximate surface area is 370 Å². The number of ether oxygens (including phenoxy) is 4. The van der Waals surface area contributed by atoms with Crippen LogP contribution in [0.1, 0.15) is 200 Å². The van der Waals surface area contributed by atoms with Crippen molar-refractivity contribution in [3.05, 3.63) is 36.5 Å². The van der Waals surface area contributed by atoms with E-state index in [9.17, 15) is 37.9 Å². The van der Waals surface area contributed by atoms with Crippen molar-refractivity contribution >= 4 is 22.1 Å². The smallest absolute Gasteiger partial charge is 0.306 e. The van der Waals surface area contributed by atoms with Crippen molar-refractivity contribution in [3.8, 4) is 0 Å². The normalized spacial score (nSPS) is 20.3. The topological polar surface area (TPSA) is 186 Å². The van der Waals surface area contributed by atoms with E-state index in [1.54, 1.807) is 0 Å². The minimum Gasteiger partial charge on any atom is -0.462 e. The van der Waals surface area contributed by atoms with Gasteiger partial charge in [-0.2, -0.15) is 8.42 Å². The number of hydrogen-bond donors (Lipinski definition) is 4. The summed E-state index contributed by atoms with van der Waals surface area (Å²) in [6.07, 6.45) is 34.7. The molecule has 356 valence electrons. The van der Waals surface area contributed by atoms with Crippen LogP contribution in [0.25, 0.3) is 0 Å². The van der Waals surface area contributed by atoms with E-state index in [1.165, 1.54) is 96.3 Å². The van der Waals surface area contributed by atoms with Crippen LogP contribution in [0, 0.1) is 0 Å². The van der Waals surface area contributed by atoms with Crippen LogP contribution in [0.2, 0.25) is 0 Å². The number of carbonyl (C=O) groups excluding carboxylic acids is 2. The van der Waals surface area contributed by atoms with Crippen molar-refractivity contribution in [2.24, 2.45) is 0 Å². The van der Waals surface area contributed by atoms with Crippen LogP contribution in [0.15, 0.2) is 36.5 Å². The quantitative estimate of drug-likeness (QED) is 0.0198. The Morgan fingerprint density at radius 1 is 0.557 bits per heavy atom. The molecule has 0 aromatic rings. The van der Waals surface area contributed by atoms with Crippen LogP contribution in [0.5, 0.6) is 0 Å². The number of esters is 2. The molecule has 6 atom stereocenters. The minimum absolute atomic E-state index is 0.148. The third-order valence-electron chi connectivity index (χ3n) is 10.9. The molecule has 0 aromatic carbocycles. The molecule has 0 radical (unpaired) electrons. The molecule has 1 rings (SSSR count). The zero-order valence-electron chi connectivity index (χ0n) is 38.0. The fourth-order valence-corrected chi connectivity index (χ4v) is 7.85. The first-order valence-electron chi connectivity index (χ1n) is 24.0. The highest BCUT2D eigenvalue weighted by atomic mass is 32.2. The first-order chi connectivity index (χ1) is 29.5. The number of unbranched alkanes of at least 4 members (excludes halogenated alkanes) is 22. The van der Waals surface area contributed by atoms with Crippen LogP contribution < -0.4 is 0 Å². The van der Waals surface area contributed by atoms with E-state index >= 15 is 0 Å². The van der Waals surface area contributed by atoms with E-state index in [0.29, 0.717) is 12.8 Å². The maximum atomic E-state index is 12.8. The first kappa shape index (κ1) is 56.9. The van der Waals surface area contributed by atoms with Gasteiger partial charge in [0.1, 0.15) is 36.8 Å². The van der Waals surface area contributed by atoms with Crippen LogP contribution in [-0.2, 0) is 38.7 Å². The van der Waals surface area contributed by atoms with Crippen LogP contribution in [0.4, 0.5) is 0 Å². The third kappa shape index (κ3) is 33.1. The molecule has 13 heteroatoms. The molecule has 61 heavy (non-hydrogen) atoms. The molecule has 0 spiro atoms. The van der Waals surface area contributed by atoms with E-state index in [0.717, 1.165) is 64.2 Å². The maximum absolute atomic E-state index is 12.8. The van der Waals surface area contributed by atoms with Crippen LogP contribution in [-0.4, -0.2) is 96.0 Å². The van der Waals surface area contributed by atoms with Crippen molar-refractivity contribution in [2.45, 2.75) is 237 Å². The number of allylic oxidation sites excluding steroid dienone is 6. The van der Waals surface area contributed by atoms with Gasteiger partial charge in [0.25, 0.3) is 10.1 Å². The van der Waals surface area contributed by atoms with Crippen molar-refractivity contribution in [1.82, 2.24) is 0 Å². The van der Waals surface area contributed by atoms with E-state index < -0.39 is 71.2 Å². The number of hydrogen-bond acceptors (Lipinski definition) is 11. The predicted molar refractivity (Wildman–Crippen MR) is 243 cm³/mol. The van der Waals surface area contributed by atoms with Crippen molar-refractivity contribution in [2.75, 3.05) is 19.0 Å². The Balaban J connectivity index is 2.40. The van der Waals surface area contributed by atoms with Crippen LogP contribution in [0.3, 0.4) is 0 Å². The van der Waals surface area contributed by atoms with Gasteiger partial charge >= 0.3 is 11.9 Å². The summed E-state index contributed by atoms with van der Waals surface area (Å²) >= 11 is 0. The lowest BCUT2D eigenvalue weighted by Gasteiger charge is -2.40. The summed E-state index contributed by atoms with van der Waals surface area (Å²) in [5.74, 6) is -2.00. The third-order valence-corrected chi connectivity index (χ3v) is 11.7. The summed E-state index contributed by atoms with van der Waals surface area (Å²) in [5, 5.41) is 30.9. The highest BCUT2D eigenvalue weighted by molar-refractivity contribution is 7.85. The largest absolute Gasteiger partial charge is 0.462 e. The first-order valence-corrected chi connectivity index (χ1v) is 25.7. The SMILES string of the molecule is CCCC/C=C\C/C=C\CCCCCCCC(=O)OC(COC(=O)CCCCCCCCCCC/C=C\CCCCCCCC)COC1OC(CS(=O)(=O)O)C(O)C(O)C1O. The molecule has 1 saturated heterocycles. The highest BCUT2D eigenvalue weighted by Gasteiger charge is 2.46. The molecule has 0 aliphatic carbocycles. The van der Waals surface area contributed by atoms with Gasteiger partial charge in [0.2, 0.25) is 0 Å². The monoisotopic (exact) mass is 887 g/mol. The van der Waals surface area contributed by atoms with E-state index in [4.69, 9.17) is 18.9 Å². The van der Waals surface area contributed by atoms with E-state index in [-0.39, 0.29) is 19.4 Å². The molecule has 4 N–H and O–H groups in total. The second-order valence-electron chi connectivity index (χ2n) is 16.8. The summed E-state index contributed by atoms with van der Waals surface area (Å²) in [6.45, 7) is 3.71. The van der Waals surface area contributed by atoms with Gasteiger partial charge in [-0.3, -0.25) is 14.1 Å². The molecule has 0 aromatic heterocycles. The van der Waals surface area contributed by atoms with Gasteiger partial charge in [-0.05, 0) is 64.2 Å². The van der Waals surface area contributed by atoms with Crippen molar-refractivity contribution < 1.29 is 56.8 Å². The number of aliphatic hydroxyl groups is 3. The van der Waals surface area contributed by atoms with Gasteiger partial charge in [-0.1, -0.05) is 159 Å². The highest BCUT2D eigenvalue weighted by Crippen LogP contribution is 2.24. The van der Waals surface area contributed by atoms with Gasteiger partial charge < -0.3 is 34.3 Å². The van der Waals surface area contributed by atoms with Gasteiger partial charge in [0.15, 0.2) is 12.4 Å². The standard InChI is InChI=1S/C48H86O12S/c1-3-5-7-9-11-13-15-17-19-20-21-22-23-25-26-28-30-32-34-36-43(49)57-38-41(39-58-48-47(53)46(52)45(51)42(60-48)40-61(54,55)56)59-44(50)37-35-33-31-29-27-24-18-16-14-12-10-8-6-4-2/h10,12,16-19,41-42,45-48,51-53H,3-9,11,13-15,20-40H2,1-2H3,(H,54,55,56)/b12-10-,18-16-,19-17-. The lowest BCUT2D eigenvalue weighted by atomic mass is 10.00. The Kier molecular flexibility index (Phi) is 35.8. The molecule has 0 amide bonds. The zero-order chi connectivity index (χ0) is 44.8. The Bertz CT molecular complexity index is 1270. The number of rotatable bonds is 40. The molecule has 0 saturated carbocycles. The summed E-state index contributed by atoms with van der Waals surface area (Å²) in [4.78, 5) is 25.4. The summed E-state index contributed by atoms with van der Waals surface area (Å²) in [7, 11) is -4.60. The second kappa shape index (κ2) is 38.3. The molecule has 1 aliphatic rings. The predicted octanol–water partition coefficient (Wildman–Crippen LogP) is 10.2. The Morgan fingerprint density at radius 2 is 1.00 bits per heavy atom. The van der Waals surface area contributed by atoms with Crippen LogP contribution >= 0.6 is 0 Å². The average molecular weight is 887 g/mol. The summed E-state index contributed by atoms with van der Waals surface area (Å²) in [6, 6.07) is 0. The molecule has 12 nitrogen and oxygen atoms in total.